The quantitative estimate of drug-likeness (QED) is 0.474. The molecule has 0 bridgehead atoms. The first-order chi connectivity index (χ1) is 15.4. The third-order valence-corrected chi connectivity index (χ3v) is 5.27. The Morgan fingerprint density at radius 2 is 1.34 bits per heavy atom. The van der Waals surface area contributed by atoms with Crippen molar-refractivity contribution >= 4 is 17.5 Å². The molecule has 32 heavy (non-hydrogen) atoms. The van der Waals surface area contributed by atoms with Crippen LogP contribution in [-0.2, 0) is 16.0 Å². The van der Waals surface area contributed by atoms with Gasteiger partial charge in [0.1, 0.15) is 0 Å². The highest BCUT2D eigenvalue weighted by atomic mass is 16.3. The van der Waals surface area contributed by atoms with E-state index in [0.717, 1.165) is 16.7 Å². The molecule has 0 heterocycles. The van der Waals surface area contributed by atoms with E-state index in [-0.39, 0.29) is 30.8 Å². The molecule has 0 spiro atoms. The summed E-state index contributed by atoms with van der Waals surface area (Å²) >= 11 is 0. The lowest BCUT2D eigenvalue weighted by Crippen LogP contribution is -2.46. The molecule has 3 aromatic carbocycles. The average molecular weight is 431 g/mol. The minimum absolute atomic E-state index is 0.0322. The lowest BCUT2D eigenvalue weighted by Gasteiger charge is -2.23. The molecule has 5 nitrogen and oxygen atoms in total. The SMILES string of the molecule is CC(C)(CO)NC(=O)Cc1ccc(NC(=O)CC(c2ccccc2)c2ccccc2)cc1. The first-order valence-corrected chi connectivity index (χ1v) is 10.8. The Kier molecular flexibility index (Phi) is 7.79. The number of amides is 2. The molecular weight excluding hydrogens is 400 g/mol. The van der Waals surface area contributed by atoms with Crippen LogP contribution in [0.4, 0.5) is 5.69 Å². The second kappa shape index (κ2) is 10.7. The van der Waals surface area contributed by atoms with Gasteiger partial charge >= 0.3 is 0 Å². The molecule has 0 saturated carbocycles. The van der Waals surface area contributed by atoms with Gasteiger partial charge in [0.15, 0.2) is 0 Å². The molecule has 3 aromatic rings. The molecule has 2 amide bonds. The van der Waals surface area contributed by atoms with Gasteiger partial charge in [-0.1, -0.05) is 72.8 Å². The van der Waals surface area contributed by atoms with Gasteiger partial charge in [-0.25, -0.2) is 0 Å². The van der Waals surface area contributed by atoms with Crippen LogP contribution in [0.15, 0.2) is 84.9 Å². The van der Waals surface area contributed by atoms with E-state index in [1.54, 1.807) is 26.0 Å². The van der Waals surface area contributed by atoms with Gasteiger partial charge in [-0.05, 0) is 42.7 Å². The molecule has 3 rings (SSSR count). The van der Waals surface area contributed by atoms with Crippen LogP contribution in [0.3, 0.4) is 0 Å². The Hall–Kier alpha value is -3.44. The fourth-order valence-electron chi connectivity index (χ4n) is 3.55. The van der Waals surface area contributed by atoms with Gasteiger partial charge in [0.2, 0.25) is 11.8 Å². The predicted molar refractivity (Wildman–Crippen MR) is 127 cm³/mol. The van der Waals surface area contributed by atoms with Crippen LogP contribution >= 0.6 is 0 Å². The number of rotatable bonds is 9. The zero-order valence-electron chi connectivity index (χ0n) is 18.5. The summed E-state index contributed by atoms with van der Waals surface area (Å²) in [7, 11) is 0. The molecule has 166 valence electrons. The van der Waals surface area contributed by atoms with Crippen molar-refractivity contribution in [2.45, 2.75) is 38.1 Å². The van der Waals surface area contributed by atoms with Gasteiger partial charge in [-0.15, -0.1) is 0 Å². The second-order valence-electron chi connectivity index (χ2n) is 8.59. The monoisotopic (exact) mass is 430 g/mol. The van der Waals surface area contributed by atoms with E-state index in [9.17, 15) is 14.7 Å². The summed E-state index contributed by atoms with van der Waals surface area (Å²) in [5, 5.41) is 15.0. The molecule has 3 N–H and O–H groups in total. The summed E-state index contributed by atoms with van der Waals surface area (Å²) in [5.74, 6) is -0.262. The van der Waals surface area contributed by atoms with Crippen LogP contribution in [0.5, 0.6) is 0 Å². The third kappa shape index (κ3) is 6.79. The Balaban J connectivity index is 1.63. The summed E-state index contributed by atoms with van der Waals surface area (Å²) in [6.07, 6.45) is 0.538. The molecule has 0 unspecified atom stereocenters. The highest BCUT2D eigenvalue weighted by Crippen LogP contribution is 2.28. The minimum atomic E-state index is -0.654. The number of hydrogen-bond donors (Lipinski definition) is 3. The zero-order valence-corrected chi connectivity index (χ0v) is 18.5. The normalized spacial score (nSPS) is 11.2. The zero-order chi connectivity index (χ0) is 23.0. The molecular formula is C27H30N2O3. The van der Waals surface area contributed by atoms with Crippen LogP contribution in [0.25, 0.3) is 0 Å². The van der Waals surface area contributed by atoms with E-state index < -0.39 is 5.54 Å². The van der Waals surface area contributed by atoms with Crippen LogP contribution < -0.4 is 10.6 Å². The lowest BCUT2D eigenvalue weighted by atomic mass is 9.88. The molecule has 0 atom stereocenters. The van der Waals surface area contributed by atoms with Gasteiger partial charge in [-0.2, -0.15) is 0 Å². The Labute approximate surface area is 189 Å². The first kappa shape index (κ1) is 23.2. The maximum atomic E-state index is 12.8. The topological polar surface area (TPSA) is 78.4 Å². The van der Waals surface area contributed by atoms with Crippen LogP contribution in [0, 0.1) is 0 Å². The molecule has 0 aliphatic heterocycles. The van der Waals surface area contributed by atoms with Crippen molar-refractivity contribution < 1.29 is 14.7 Å². The van der Waals surface area contributed by atoms with Crippen LogP contribution in [0.1, 0.15) is 42.9 Å². The van der Waals surface area contributed by atoms with Crippen molar-refractivity contribution in [2.75, 3.05) is 11.9 Å². The average Bonchev–Trinajstić information content (AvgIpc) is 2.79. The molecule has 0 saturated heterocycles. The van der Waals surface area contributed by atoms with Gasteiger partial charge < -0.3 is 15.7 Å². The summed E-state index contributed by atoms with van der Waals surface area (Å²) in [6, 6.07) is 27.3. The van der Waals surface area contributed by atoms with Crippen molar-refractivity contribution in [1.29, 1.82) is 0 Å². The number of anilines is 1. The predicted octanol–water partition coefficient (Wildman–Crippen LogP) is 4.28. The van der Waals surface area contributed by atoms with E-state index in [1.165, 1.54) is 0 Å². The van der Waals surface area contributed by atoms with Crippen molar-refractivity contribution in [3.8, 4) is 0 Å². The molecule has 0 aliphatic carbocycles. The Morgan fingerprint density at radius 1 is 0.812 bits per heavy atom. The third-order valence-electron chi connectivity index (χ3n) is 5.27. The van der Waals surface area contributed by atoms with E-state index in [4.69, 9.17) is 0 Å². The smallest absolute Gasteiger partial charge is 0.225 e. The summed E-state index contributed by atoms with van der Waals surface area (Å²) in [6.45, 7) is 3.40. The molecule has 5 heteroatoms. The fraction of sp³-hybridized carbons (Fsp3) is 0.259. The maximum Gasteiger partial charge on any atom is 0.225 e. The molecule has 0 fully saturated rings. The minimum Gasteiger partial charge on any atom is -0.394 e. The van der Waals surface area contributed by atoms with Crippen molar-refractivity contribution in [3.05, 3.63) is 102 Å². The number of carbonyl (C=O) groups is 2. The first-order valence-electron chi connectivity index (χ1n) is 10.8. The highest BCUT2D eigenvalue weighted by molar-refractivity contribution is 5.91. The summed E-state index contributed by atoms with van der Waals surface area (Å²) < 4.78 is 0. The van der Waals surface area contributed by atoms with E-state index in [0.29, 0.717) is 12.1 Å². The summed E-state index contributed by atoms with van der Waals surface area (Å²) in [5.41, 5.74) is 3.07. The van der Waals surface area contributed by atoms with Gasteiger partial charge in [0.25, 0.3) is 0 Å². The fourth-order valence-corrected chi connectivity index (χ4v) is 3.55. The maximum absolute atomic E-state index is 12.8. The Bertz CT molecular complexity index is 976. The number of aliphatic hydroxyl groups excluding tert-OH is 1. The van der Waals surface area contributed by atoms with Crippen LogP contribution in [-0.4, -0.2) is 29.1 Å². The number of nitrogens with one attached hydrogen (secondary N) is 2. The Morgan fingerprint density at radius 3 is 1.84 bits per heavy atom. The van der Waals surface area contributed by atoms with Crippen molar-refractivity contribution in [2.24, 2.45) is 0 Å². The number of benzene rings is 3. The van der Waals surface area contributed by atoms with E-state index in [1.807, 2.05) is 72.8 Å². The van der Waals surface area contributed by atoms with Crippen molar-refractivity contribution in [3.63, 3.8) is 0 Å². The standard InChI is InChI=1S/C27H30N2O3/c1-27(2,19-30)29-26(32)17-20-13-15-23(16-14-20)28-25(31)18-24(21-9-5-3-6-10-21)22-11-7-4-8-12-22/h3-16,24,30H,17-19H2,1-2H3,(H,28,31)(H,29,32). The molecule has 0 aromatic heterocycles. The van der Waals surface area contributed by atoms with E-state index >= 15 is 0 Å². The number of aliphatic hydroxyl groups is 1. The van der Waals surface area contributed by atoms with Gasteiger partial charge in [0, 0.05) is 18.0 Å². The largest absolute Gasteiger partial charge is 0.394 e. The second-order valence-corrected chi connectivity index (χ2v) is 8.59. The molecule has 0 radical (unpaired) electrons. The number of carbonyl (C=O) groups excluding carboxylic acids is 2. The van der Waals surface area contributed by atoms with Crippen LogP contribution in [0.2, 0.25) is 0 Å². The van der Waals surface area contributed by atoms with Gasteiger partial charge in [-0.3, -0.25) is 9.59 Å². The lowest BCUT2D eigenvalue weighted by molar-refractivity contribution is -0.122. The highest BCUT2D eigenvalue weighted by Gasteiger charge is 2.20. The van der Waals surface area contributed by atoms with Gasteiger partial charge in [0.05, 0.1) is 18.6 Å². The molecule has 0 aliphatic rings. The van der Waals surface area contributed by atoms with E-state index in [2.05, 4.69) is 10.6 Å². The number of hydrogen-bond acceptors (Lipinski definition) is 3. The van der Waals surface area contributed by atoms with Crippen molar-refractivity contribution in [1.82, 2.24) is 5.32 Å². The summed E-state index contributed by atoms with van der Waals surface area (Å²) in [4.78, 5) is 25.0.